The molecule has 33 heavy (non-hydrogen) atoms. The van der Waals surface area contributed by atoms with Crippen molar-refractivity contribution in [2.45, 2.75) is 82.7 Å². The van der Waals surface area contributed by atoms with E-state index in [4.69, 9.17) is 0 Å². The van der Waals surface area contributed by atoms with Crippen molar-refractivity contribution >= 4 is 11.0 Å². The molecule has 0 aliphatic heterocycles. The first kappa shape index (κ1) is 24.9. The first-order chi connectivity index (χ1) is 15.5. The number of rotatable bonds is 3. The molecule has 0 nitrogen and oxygen atoms in total. The summed E-state index contributed by atoms with van der Waals surface area (Å²) in [5, 5.41) is 0. The molecule has 2 aliphatic carbocycles. The third-order valence-electron chi connectivity index (χ3n) is 8.98. The van der Waals surface area contributed by atoms with Crippen LogP contribution in [-0.2, 0) is 20.4 Å². The fourth-order valence-electron chi connectivity index (χ4n) is 6.51. The van der Waals surface area contributed by atoms with Crippen LogP contribution in [-0.4, -0.2) is 5.43 Å². The van der Waals surface area contributed by atoms with Crippen molar-refractivity contribution in [2.24, 2.45) is 0 Å². The predicted octanol–water partition coefficient (Wildman–Crippen LogP) is 9.14. The molecule has 0 N–H and O–H groups in total. The molecule has 0 saturated carbocycles. The Bertz CT molecular complexity index is 1270. The molecule has 0 amide bonds. The molecule has 0 heterocycles. The number of allylic oxidation sites excluding steroid dienone is 5. The molecule has 2 aromatic rings. The monoisotopic (exact) mass is 530 g/mol. The van der Waals surface area contributed by atoms with E-state index in [1.54, 1.807) is 50.1 Å². The fourth-order valence-corrected chi connectivity index (χ4v) is 28.2. The topological polar surface area (TPSA) is 0 Å². The Morgan fingerprint density at radius 3 is 1.64 bits per heavy atom. The molecule has 0 aromatic heterocycles. The zero-order valence-electron chi connectivity index (χ0n) is 22.5. The predicted molar refractivity (Wildman–Crippen MR) is 144 cm³/mol. The Labute approximate surface area is 210 Å². The van der Waals surface area contributed by atoms with Crippen molar-refractivity contribution in [1.82, 2.24) is 0 Å². The zero-order valence-corrected chi connectivity index (χ0v) is 26.0. The van der Waals surface area contributed by atoms with Gasteiger partial charge >= 0.3 is 211 Å². The van der Waals surface area contributed by atoms with Gasteiger partial charge in [0.05, 0.1) is 0 Å². The number of benzene rings is 2. The van der Waals surface area contributed by atoms with Crippen LogP contribution in [0.1, 0.15) is 77.2 Å². The van der Waals surface area contributed by atoms with Crippen molar-refractivity contribution in [1.29, 1.82) is 0 Å². The fraction of sp³-hybridized carbons (Fsp3) is 0.419. The van der Waals surface area contributed by atoms with Gasteiger partial charge in [0.2, 0.25) is 0 Å². The molecular formula is C31H40SiZr. The molecule has 0 bridgehead atoms. The summed E-state index contributed by atoms with van der Waals surface area (Å²) in [4.78, 5) is 0. The summed E-state index contributed by atoms with van der Waals surface area (Å²) in [6, 6.07) is 11.2. The number of hydrogen-bond donors (Lipinski definition) is 0. The first-order valence-electron chi connectivity index (χ1n) is 12.4. The van der Waals surface area contributed by atoms with Crippen LogP contribution in [0.15, 0.2) is 58.2 Å². The third-order valence-corrected chi connectivity index (χ3v) is 29.0. The first-order valence-corrected chi connectivity index (χ1v) is 21.4. The Balaban J connectivity index is 2.10. The maximum atomic E-state index is 2.64. The van der Waals surface area contributed by atoms with Crippen LogP contribution in [0.4, 0.5) is 0 Å². The average molecular weight is 532 g/mol. The molecule has 4 rings (SSSR count). The SMILES string of the molecule is CC1=C(C)[CH]([Zr]([CH]2C(C)=C(c3ccccc3)c3c(C)c(C)c(C)c(C)c32)=[Si](C)C)C(C)=C1C. The van der Waals surface area contributed by atoms with Gasteiger partial charge in [-0.2, -0.15) is 0 Å². The summed E-state index contributed by atoms with van der Waals surface area (Å²) in [7, 11) is 0. The van der Waals surface area contributed by atoms with E-state index in [0.29, 0.717) is 3.63 Å². The molecule has 0 saturated heterocycles. The quantitative estimate of drug-likeness (QED) is 0.346. The van der Waals surface area contributed by atoms with Gasteiger partial charge in [-0.3, -0.25) is 0 Å². The summed E-state index contributed by atoms with van der Waals surface area (Å²) in [5.41, 5.74) is 20.2. The van der Waals surface area contributed by atoms with Crippen LogP contribution < -0.4 is 0 Å². The van der Waals surface area contributed by atoms with Gasteiger partial charge in [0.15, 0.2) is 0 Å². The summed E-state index contributed by atoms with van der Waals surface area (Å²) < 4.78 is 1.45. The molecule has 0 fully saturated rings. The third kappa shape index (κ3) is 3.71. The summed E-state index contributed by atoms with van der Waals surface area (Å²) in [5.74, 6) is 0. The Kier molecular flexibility index (Phi) is 6.85. The number of fused-ring (bicyclic) bond motifs is 1. The van der Waals surface area contributed by atoms with E-state index < -0.39 is 20.4 Å². The standard InChI is InChI=1S/C20H21.C9H13.C2H6Si.Zr/c1-12-11-18-15(4)13(2)14(3)16(5)20(18)19(12)17-9-7-6-8-10-17;1-6-5-7(2)9(4)8(6)3;1-3-2;/h6-11H,1-5H3;5H,1-4H3;1-2H3;. The summed E-state index contributed by atoms with van der Waals surface area (Å²) in [6.07, 6.45) is 0. The average Bonchev–Trinajstić information content (AvgIpc) is 3.19. The van der Waals surface area contributed by atoms with Gasteiger partial charge in [0.25, 0.3) is 0 Å². The molecule has 1 unspecified atom stereocenters. The van der Waals surface area contributed by atoms with Crippen LogP contribution in [0.25, 0.3) is 5.57 Å². The normalized spacial score (nSPS) is 18.6. The van der Waals surface area contributed by atoms with Gasteiger partial charge in [-0.15, -0.1) is 0 Å². The molecule has 172 valence electrons. The van der Waals surface area contributed by atoms with Crippen molar-refractivity contribution in [2.75, 3.05) is 0 Å². The van der Waals surface area contributed by atoms with Crippen LogP contribution >= 0.6 is 0 Å². The molecule has 2 aliphatic rings. The van der Waals surface area contributed by atoms with Gasteiger partial charge in [-0.1, -0.05) is 0 Å². The van der Waals surface area contributed by atoms with Crippen molar-refractivity contribution in [3.05, 3.63) is 97.1 Å². The zero-order chi connectivity index (χ0) is 24.4. The Morgan fingerprint density at radius 1 is 0.606 bits per heavy atom. The molecule has 0 radical (unpaired) electrons. The maximum absolute atomic E-state index is 2.64. The van der Waals surface area contributed by atoms with E-state index in [1.165, 1.54) is 22.3 Å². The van der Waals surface area contributed by atoms with E-state index in [1.807, 2.05) is 0 Å². The number of hydrogen-bond acceptors (Lipinski definition) is 0. The van der Waals surface area contributed by atoms with E-state index in [0.717, 1.165) is 3.63 Å². The van der Waals surface area contributed by atoms with E-state index in [9.17, 15) is 0 Å². The van der Waals surface area contributed by atoms with Gasteiger partial charge < -0.3 is 0 Å². The van der Waals surface area contributed by atoms with Crippen molar-refractivity contribution in [3.63, 3.8) is 0 Å². The van der Waals surface area contributed by atoms with Gasteiger partial charge in [-0.25, -0.2) is 0 Å². The van der Waals surface area contributed by atoms with Crippen LogP contribution in [0.5, 0.6) is 0 Å². The van der Waals surface area contributed by atoms with Gasteiger partial charge in [0.1, 0.15) is 0 Å². The molecule has 2 heteroatoms. The molecular weight excluding hydrogens is 492 g/mol. The Morgan fingerprint density at radius 2 is 1.12 bits per heavy atom. The summed E-state index contributed by atoms with van der Waals surface area (Å²) >= 11 is -2.00. The van der Waals surface area contributed by atoms with Crippen molar-refractivity contribution < 1.29 is 20.4 Å². The van der Waals surface area contributed by atoms with E-state index in [-0.39, 0.29) is 5.43 Å². The van der Waals surface area contributed by atoms with Crippen LogP contribution in [0.3, 0.4) is 0 Å². The second-order valence-corrected chi connectivity index (χ2v) is 28.5. The van der Waals surface area contributed by atoms with E-state index in [2.05, 4.69) is 106 Å². The van der Waals surface area contributed by atoms with Gasteiger partial charge in [-0.05, 0) is 0 Å². The van der Waals surface area contributed by atoms with E-state index >= 15 is 0 Å². The van der Waals surface area contributed by atoms with Crippen molar-refractivity contribution in [3.8, 4) is 0 Å². The summed E-state index contributed by atoms with van der Waals surface area (Å²) in [6.45, 7) is 26.9. The minimum absolute atomic E-state index is 0.387. The second kappa shape index (κ2) is 9.09. The van der Waals surface area contributed by atoms with Crippen LogP contribution in [0, 0.1) is 27.7 Å². The van der Waals surface area contributed by atoms with Crippen LogP contribution in [0.2, 0.25) is 16.7 Å². The minimum atomic E-state index is -2.00. The molecule has 0 spiro atoms. The van der Waals surface area contributed by atoms with Gasteiger partial charge in [0, 0.05) is 0 Å². The molecule has 2 aromatic carbocycles. The second-order valence-electron chi connectivity index (χ2n) is 10.7. The Hall–Kier alpha value is -1.24. The molecule has 1 atom stereocenters.